The van der Waals surface area contributed by atoms with E-state index in [1.54, 1.807) is 4.52 Å². The lowest BCUT2D eigenvalue weighted by Crippen LogP contribution is -1.74. The molecule has 13 heavy (non-hydrogen) atoms. The average molecular weight is 259 g/mol. The van der Waals surface area contributed by atoms with Crippen LogP contribution in [0, 0.1) is 0 Å². The van der Waals surface area contributed by atoms with Gasteiger partial charge in [0.1, 0.15) is 0 Å². The van der Waals surface area contributed by atoms with Gasteiger partial charge in [0.15, 0.2) is 0 Å². The van der Waals surface area contributed by atoms with E-state index in [2.05, 4.69) is 0 Å². The Morgan fingerprint density at radius 1 is 0.846 bits per heavy atom. The third-order valence-corrected chi connectivity index (χ3v) is 6.53. The number of carbonyl (C=O) groups is 1. The maximum atomic E-state index is 12.7. The summed E-state index contributed by atoms with van der Waals surface area (Å²) in [7, 11) is -16.4. The highest BCUT2D eigenvalue weighted by atomic mass is 31.3. The van der Waals surface area contributed by atoms with Gasteiger partial charge in [-0.15, -0.1) is 30.3 Å². The number of hydrogen-bond acceptors (Lipinski definition) is 4. The van der Waals surface area contributed by atoms with Crippen LogP contribution in [-0.2, 0) is 4.79 Å². The van der Waals surface area contributed by atoms with Crippen LogP contribution in [-0.4, -0.2) is 6.03 Å². The second-order valence-corrected chi connectivity index (χ2v) is 7.17. The Kier molecular flexibility index (Phi) is 2.56. The van der Waals surface area contributed by atoms with Crippen molar-refractivity contribution in [1.29, 1.82) is 0 Å². The van der Waals surface area contributed by atoms with Crippen molar-refractivity contribution in [3.63, 3.8) is 0 Å². The molecule has 1 aliphatic heterocycles. The molecule has 0 radical (unpaired) electrons. The third-order valence-electron chi connectivity index (χ3n) is 0.815. The Morgan fingerprint density at radius 2 is 1.31 bits per heavy atom. The highest BCUT2D eigenvalue weighted by Crippen LogP contribution is 2.80. The maximum absolute atomic E-state index is 12.7. The first kappa shape index (κ1) is 11.1. The van der Waals surface area contributed by atoms with Crippen LogP contribution >= 0.6 is 23.2 Å². The first-order chi connectivity index (χ1) is 5.68. The van der Waals surface area contributed by atoms with Gasteiger partial charge in [-0.3, -0.25) is 4.79 Å². The van der Waals surface area contributed by atoms with Gasteiger partial charge in [-0.2, -0.15) is 4.20 Å². The van der Waals surface area contributed by atoms with E-state index in [0.29, 0.717) is 0 Å². The van der Waals surface area contributed by atoms with Gasteiger partial charge in [-0.1, -0.05) is 0 Å². The van der Waals surface area contributed by atoms with Crippen molar-refractivity contribution < 1.29 is 25.8 Å². The summed E-state index contributed by atoms with van der Waals surface area (Å²) in [5, 5.41) is 0. The number of halogens is 5. The van der Waals surface area contributed by atoms with Gasteiger partial charge in [0.25, 0.3) is 0 Å². The molecular weight excluding hydrogens is 258 g/mol. The molecular formula is CHF5N3OP3. The van der Waals surface area contributed by atoms with E-state index in [-0.39, 0.29) is 0 Å². The van der Waals surface area contributed by atoms with Crippen molar-refractivity contribution in [3.8, 4) is 0 Å². The molecule has 0 saturated carbocycles. The second kappa shape index (κ2) is 3.01. The summed E-state index contributed by atoms with van der Waals surface area (Å²) in [6, 6.07) is -0.691. The molecule has 0 N–H and O–H groups in total. The van der Waals surface area contributed by atoms with Crippen molar-refractivity contribution in [2.45, 2.75) is 0 Å². The van der Waals surface area contributed by atoms with Crippen LogP contribution in [0.25, 0.3) is 0 Å². The van der Waals surface area contributed by atoms with E-state index in [4.69, 9.17) is 0 Å². The lowest BCUT2D eigenvalue weighted by atomic mass is 11.8. The highest BCUT2D eigenvalue weighted by molar-refractivity contribution is 7.86. The molecule has 4 nitrogen and oxygen atoms in total. The van der Waals surface area contributed by atoms with E-state index in [9.17, 15) is 25.8 Å². The van der Waals surface area contributed by atoms with Crippen LogP contribution in [0.4, 0.5) is 21.0 Å². The molecule has 1 unspecified atom stereocenters. The van der Waals surface area contributed by atoms with Crippen LogP contribution in [0.5, 0.6) is 0 Å². The van der Waals surface area contributed by atoms with Gasteiger partial charge in [0.2, 0.25) is 6.03 Å². The molecule has 76 valence electrons. The predicted octanol–water partition coefficient (Wildman–Crippen LogP) is 4.96. The Morgan fingerprint density at radius 3 is 1.69 bits per heavy atom. The minimum atomic E-state index is -5.70. The van der Waals surface area contributed by atoms with Gasteiger partial charge in [0, 0.05) is 0 Å². The SMILES string of the molecule is O=CP1(F)=NP(F)(F)=NP(F)(F)=N1. The second-order valence-electron chi connectivity index (χ2n) is 1.85. The van der Waals surface area contributed by atoms with E-state index in [1.807, 2.05) is 9.03 Å². The van der Waals surface area contributed by atoms with Gasteiger partial charge < -0.3 is 0 Å². The van der Waals surface area contributed by atoms with Gasteiger partial charge in [0.05, 0.1) is 0 Å². The van der Waals surface area contributed by atoms with Gasteiger partial charge in [-0.05, 0) is 0 Å². The van der Waals surface area contributed by atoms with Crippen molar-refractivity contribution in [3.05, 3.63) is 0 Å². The number of carbonyl (C=O) groups excluding carboxylic acids is 1. The Bertz CT molecular complexity index is 394. The normalized spacial score (nSPS) is 35.2. The third kappa shape index (κ3) is 2.73. The molecule has 0 fully saturated rings. The molecule has 0 spiro atoms. The fraction of sp³-hybridized carbons (Fsp3) is 0. The van der Waals surface area contributed by atoms with Crippen LogP contribution in [0.1, 0.15) is 0 Å². The molecule has 1 atom stereocenters. The van der Waals surface area contributed by atoms with Crippen molar-refractivity contribution in [2.24, 2.45) is 13.5 Å². The lowest BCUT2D eigenvalue weighted by molar-refractivity contribution is 0.566. The van der Waals surface area contributed by atoms with Gasteiger partial charge >= 0.3 is 23.2 Å². The maximum Gasteiger partial charge on any atom is 0.423 e. The predicted molar refractivity (Wildman–Crippen MR) is 40.3 cm³/mol. The average Bonchev–Trinajstić information content (AvgIpc) is 1.79. The summed E-state index contributed by atoms with van der Waals surface area (Å²) in [6.07, 6.45) is 0. The molecule has 1 aliphatic rings. The standard InChI is InChI=1S/CHF5N3OP3/c2-11(1-10)7-12(3,4)9-13(5,6)8-11/h1H. The summed E-state index contributed by atoms with van der Waals surface area (Å²) >= 11 is 0. The smallest absolute Gasteiger partial charge is 0.292 e. The number of hydrogen-bond donors (Lipinski definition) is 0. The fourth-order valence-corrected chi connectivity index (χ4v) is 5.71. The molecule has 0 bridgehead atoms. The zero-order valence-electron chi connectivity index (χ0n) is 5.56. The summed E-state index contributed by atoms with van der Waals surface area (Å²) in [5.74, 6) is 0. The van der Waals surface area contributed by atoms with Gasteiger partial charge in [-0.25, -0.2) is 0 Å². The molecule has 1 rings (SSSR count). The Balaban J connectivity index is 3.53. The molecule has 0 amide bonds. The first-order valence-corrected chi connectivity index (χ1v) is 7.15. The molecule has 1 heterocycles. The molecule has 12 heteroatoms. The molecule has 0 aliphatic carbocycles. The van der Waals surface area contributed by atoms with Crippen molar-refractivity contribution in [1.82, 2.24) is 0 Å². The van der Waals surface area contributed by atoms with Crippen LogP contribution in [0.2, 0.25) is 0 Å². The molecule has 0 aromatic carbocycles. The topological polar surface area (TPSA) is 54.1 Å². The number of rotatable bonds is 1. The van der Waals surface area contributed by atoms with E-state index in [0.717, 1.165) is 0 Å². The van der Waals surface area contributed by atoms with E-state index >= 15 is 0 Å². The van der Waals surface area contributed by atoms with E-state index in [1.165, 1.54) is 0 Å². The first-order valence-electron chi connectivity index (χ1n) is 2.54. The Labute approximate surface area is 69.5 Å². The molecule has 0 aromatic rings. The lowest BCUT2D eigenvalue weighted by Gasteiger charge is -2.11. The largest absolute Gasteiger partial charge is 0.423 e. The summed E-state index contributed by atoms with van der Waals surface area (Å²) in [6.45, 7) is 0. The zero-order valence-corrected chi connectivity index (χ0v) is 8.24. The molecule has 0 saturated heterocycles. The van der Waals surface area contributed by atoms with E-state index < -0.39 is 29.2 Å². The van der Waals surface area contributed by atoms with Crippen molar-refractivity contribution >= 4 is 29.2 Å². The zero-order chi connectivity index (χ0) is 10.3. The number of nitrogens with zero attached hydrogens (tertiary/aromatic N) is 3. The molecule has 0 aromatic heterocycles. The summed E-state index contributed by atoms with van der Waals surface area (Å²) < 4.78 is 67.6. The quantitative estimate of drug-likeness (QED) is 0.373. The fourth-order valence-electron chi connectivity index (χ4n) is 0.527. The summed E-state index contributed by atoms with van der Waals surface area (Å²) in [4.78, 5) is 9.87. The van der Waals surface area contributed by atoms with Crippen molar-refractivity contribution in [2.75, 3.05) is 0 Å². The Hall–Kier alpha value is 0.01000. The monoisotopic (exact) mass is 259 g/mol. The minimum Gasteiger partial charge on any atom is -0.292 e. The minimum absolute atomic E-state index is 0.691. The van der Waals surface area contributed by atoms with Crippen LogP contribution < -0.4 is 0 Å². The summed E-state index contributed by atoms with van der Waals surface area (Å²) in [5.41, 5.74) is 0. The highest BCUT2D eigenvalue weighted by Gasteiger charge is 2.38. The van der Waals surface area contributed by atoms with Crippen LogP contribution in [0.3, 0.4) is 0 Å². The van der Waals surface area contributed by atoms with Crippen LogP contribution in [0.15, 0.2) is 13.5 Å².